The van der Waals surface area contributed by atoms with Crippen LogP contribution in [0.3, 0.4) is 0 Å². The molecule has 0 radical (unpaired) electrons. The second-order valence-electron chi connectivity index (χ2n) is 4.25. The Morgan fingerprint density at radius 1 is 1.28 bits per heavy atom. The third-order valence-electron chi connectivity index (χ3n) is 2.86. The first kappa shape index (κ1) is 13.3. The van der Waals surface area contributed by atoms with Crippen LogP contribution in [0.4, 0.5) is 0 Å². The summed E-state index contributed by atoms with van der Waals surface area (Å²) in [6.45, 7) is 2.01. The summed E-state index contributed by atoms with van der Waals surface area (Å²) < 4.78 is 0. The van der Waals surface area contributed by atoms with Gasteiger partial charge < -0.3 is 5.73 Å². The number of benzene rings is 1. The van der Waals surface area contributed by atoms with Gasteiger partial charge in [-0.3, -0.25) is 4.98 Å². The third kappa shape index (κ3) is 3.02. The number of nitrogens with two attached hydrogens (primary N) is 1. The van der Waals surface area contributed by atoms with Crippen molar-refractivity contribution in [2.45, 2.75) is 19.4 Å². The van der Waals surface area contributed by atoms with Gasteiger partial charge in [0.05, 0.1) is 11.7 Å². The first-order chi connectivity index (χ1) is 8.58. The lowest BCUT2D eigenvalue weighted by Gasteiger charge is -2.14. The minimum absolute atomic E-state index is 0.162. The Morgan fingerprint density at radius 3 is 2.72 bits per heavy atom. The van der Waals surface area contributed by atoms with E-state index in [4.69, 9.17) is 28.9 Å². The van der Waals surface area contributed by atoms with Gasteiger partial charge >= 0.3 is 0 Å². The Balaban J connectivity index is 2.21. The molecule has 0 saturated heterocycles. The Hall–Kier alpha value is -1.09. The molecule has 0 amide bonds. The van der Waals surface area contributed by atoms with Crippen LogP contribution in [0.2, 0.25) is 10.0 Å². The fraction of sp³-hybridized carbons (Fsp3) is 0.214. The molecule has 0 aliphatic carbocycles. The van der Waals surface area contributed by atoms with Gasteiger partial charge in [0, 0.05) is 16.2 Å². The predicted molar refractivity (Wildman–Crippen MR) is 76.1 cm³/mol. The van der Waals surface area contributed by atoms with Crippen LogP contribution >= 0.6 is 23.2 Å². The summed E-state index contributed by atoms with van der Waals surface area (Å²) >= 11 is 12.0. The lowest BCUT2D eigenvalue weighted by atomic mass is 10.0. The van der Waals surface area contributed by atoms with Crippen molar-refractivity contribution in [3.63, 3.8) is 0 Å². The molecule has 18 heavy (non-hydrogen) atoms. The van der Waals surface area contributed by atoms with E-state index in [0.717, 1.165) is 16.8 Å². The van der Waals surface area contributed by atoms with Crippen molar-refractivity contribution >= 4 is 23.2 Å². The van der Waals surface area contributed by atoms with E-state index in [0.29, 0.717) is 16.5 Å². The highest BCUT2D eigenvalue weighted by molar-refractivity contribution is 6.35. The molecule has 0 aliphatic rings. The first-order valence-corrected chi connectivity index (χ1v) is 6.44. The van der Waals surface area contributed by atoms with Crippen molar-refractivity contribution in [2.24, 2.45) is 5.73 Å². The van der Waals surface area contributed by atoms with Crippen LogP contribution < -0.4 is 5.73 Å². The van der Waals surface area contributed by atoms with Gasteiger partial charge in [0.15, 0.2) is 0 Å². The molecule has 2 aromatic rings. The van der Waals surface area contributed by atoms with Crippen molar-refractivity contribution in [2.75, 3.05) is 0 Å². The zero-order valence-electron chi connectivity index (χ0n) is 10.0. The van der Waals surface area contributed by atoms with E-state index in [1.54, 1.807) is 12.3 Å². The minimum Gasteiger partial charge on any atom is -0.322 e. The highest BCUT2D eigenvalue weighted by Gasteiger charge is 2.12. The molecule has 0 spiro atoms. The highest BCUT2D eigenvalue weighted by atomic mass is 35.5. The maximum absolute atomic E-state index is 6.18. The molecule has 0 aliphatic heterocycles. The molecule has 1 aromatic heterocycles. The number of hydrogen-bond donors (Lipinski definition) is 1. The fourth-order valence-electron chi connectivity index (χ4n) is 1.91. The molecule has 4 heteroatoms. The molecule has 0 saturated carbocycles. The van der Waals surface area contributed by atoms with Crippen molar-refractivity contribution in [1.82, 2.24) is 4.98 Å². The van der Waals surface area contributed by atoms with Gasteiger partial charge in [-0.05, 0) is 42.7 Å². The van der Waals surface area contributed by atoms with E-state index >= 15 is 0 Å². The van der Waals surface area contributed by atoms with E-state index in [-0.39, 0.29) is 6.04 Å². The zero-order chi connectivity index (χ0) is 13.1. The summed E-state index contributed by atoms with van der Waals surface area (Å²) in [4.78, 5) is 4.33. The summed E-state index contributed by atoms with van der Waals surface area (Å²) in [6, 6.07) is 9.21. The molecule has 1 aromatic carbocycles. The topological polar surface area (TPSA) is 38.9 Å². The molecule has 1 unspecified atom stereocenters. The molecule has 1 heterocycles. The van der Waals surface area contributed by atoms with Gasteiger partial charge in [-0.25, -0.2) is 0 Å². The van der Waals surface area contributed by atoms with Crippen LogP contribution in [-0.4, -0.2) is 4.98 Å². The Kier molecular flexibility index (Phi) is 4.23. The molecule has 1 atom stereocenters. The maximum atomic E-state index is 6.18. The highest BCUT2D eigenvalue weighted by Crippen LogP contribution is 2.25. The van der Waals surface area contributed by atoms with E-state index < -0.39 is 0 Å². The first-order valence-electron chi connectivity index (χ1n) is 5.69. The minimum atomic E-state index is -0.162. The van der Waals surface area contributed by atoms with E-state index in [9.17, 15) is 0 Å². The zero-order valence-corrected chi connectivity index (χ0v) is 11.5. The average Bonchev–Trinajstić information content (AvgIpc) is 2.33. The van der Waals surface area contributed by atoms with Gasteiger partial charge in [0.1, 0.15) is 0 Å². The lowest BCUT2D eigenvalue weighted by Crippen LogP contribution is -2.16. The standard InChI is InChI=1S/C14H14Cl2N2/c1-9-3-2-6-18-14(9)13(17)7-10-4-5-11(15)8-12(10)16/h2-6,8,13H,7,17H2,1H3. The number of hydrogen-bond acceptors (Lipinski definition) is 2. The van der Waals surface area contributed by atoms with Gasteiger partial charge in [-0.2, -0.15) is 0 Å². The number of rotatable bonds is 3. The molecule has 2 rings (SSSR count). The summed E-state index contributed by atoms with van der Waals surface area (Å²) in [6.07, 6.45) is 2.40. The van der Waals surface area contributed by atoms with Crippen molar-refractivity contribution in [3.05, 3.63) is 63.4 Å². The number of nitrogens with zero attached hydrogens (tertiary/aromatic N) is 1. The second-order valence-corrected chi connectivity index (χ2v) is 5.10. The van der Waals surface area contributed by atoms with Crippen LogP contribution in [-0.2, 0) is 6.42 Å². The molecule has 0 bridgehead atoms. The number of pyridine rings is 1. The van der Waals surface area contributed by atoms with Crippen molar-refractivity contribution < 1.29 is 0 Å². The average molecular weight is 281 g/mol. The normalized spacial score (nSPS) is 12.4. The van der Waals surface area contributed by atoms with Crippen molar-refractivity contribution in [3.8, 4) is 0 Å². The molecule has 94 valence electrons. The van der Waals surface area contributed by atoms with Crippen LogP contribution in [0.25, 0.3) is 0 Å². The molecule has 2 N–H and O–H groups in total. The van der Waals surface area contributed by atoms with Crippen LogP contribution in [0.5, 0.6) is 0 Å². The lowest BCUT2D eigenvalue weighted by molar-refractivity contribution is 0.690. The summed E-state index contributed by atoms with van der Waals surface area (Å²) in [5.41, 5.74) is 9.16. The summed E-state index contributed by atoms with van der Waals surface area (Å²) in [5.74, 6) is 0. The van der Waals surface area contributed by atoms with Gasteiger partial charge in [0.25, 0.3) is 0 Å². The van der Waals surface area contributed by atoms with Crippen LogP contribution in [0.1, 0.15) is 22.9 Å². The molecular formula is C14H14Cl2N2. The Bertz CT molecular complexity index is 555. The van der Waals surface area contributed by atoms with Crippen LogP contribution in [0, 0.1) is 6.92 Å². The van der Waals surface area contributed by atoms with E-state index in [1.165, 1.54) is 0 Å². The van der Waals surface area contributed by atoms with Crippen molar-refractivity contribution in [1.29, 1.82) is 0 Å². The predicted octanol–water partition coefficient (Wildman–Crippen LogP) is 3.94. The Labute approximate surface area is 117 Å². The number of aromatic nitrogens is 1. The Morgan fingerprint density at radius 2 is 2.06 bits per heavy atom. The van der Waals surface area contributed by atoms with E-state index in [1.807, 2.05) is 31.2 Å². The van der Waals surface area contributed by atoms with Gasteiger partial charge in [0.2, 0.25) is 0 Å². The van der Waals surface area contributed by atoms with Crippen LogP contribution in [0.15, 0.2) is 36.5 Å². The van der Waals surface area contributed by atoms with Gasteiger partial charge in [-0.1, -0.05) is 35.3 Å². The van der Waals surface area contributed by atoms with Gasteiger partial charge in [-0.15, -0.1) is 0 Å². The second kappa shape index (κ2) is 5.70. The SMILES string of the molecule is Cc1cccnc1C(N)Cc1ccc(Cl)cc1Cl. The largest absolute Gasteiger partial charge is 0.322 e. The summed E-state index contributed by atoms with van der Waals surface area (Å²) in [7, 11) is 0. The number of aryl methyl sites for hydroxylation is 1. The van der Waals surface area contributed by atoms with E-state index in [2.05, 4.69) is 4.98 Å². The molecular weight excluding hydrogens is 267 g/mol. The maximum Gasteiger partial charge on any atom is 0.0603 e. The number of halogens is 2. The molecule has 2 nitrogen and oxygen atoms in total. The quantitative estimate of drug-likeness (QED) is 0.925. The fourth-order valence-corrected chi connectivity index (χ4v) is 2.39. The molecule has 0 fully saturated rings. The third-order valence-corrected chi connectivity index (χ3v) is 3.44. The smallest absolute Gasteiger partial charge is 0.0603 e. The summed E-state index contributed by atoms with van der Waals surface area (Å²) in [5, 5.41) is 1.28. The monoisotopic (exact) mass is 280 g/mol.